The van der Waals surface area contributed by atoms with Gasteiger partial charge in [0.1, 0.15) is 12.6 Å². The number of carbonyl (C=O) groups is 3. The number of carbonyl (C=O) groups excluding carboxylic acids is 3. The van der Waals surface area contributed by atoms with E-state index in [0.717, 1.165) is 57.8 Å². The second-order valence-electron chi connectivity index (χ2n) is 11.7. The zero-order valence-electron chi connectivity index (χ0n) is 27.6. The first kappa shape index (κ1) is 40.3. The van der Waals surface area contributed by atoms with Crippen LogP contribution in [0.3, 0.4) is 0 Å². The minimum Gasteiger partial charge on any atom is -0.544 e. The summed E-state index contributed by atoms with van der Waals surface area (Å²) >= 11 is 0. The maximum absolute atomic E-state index is 12.4. The second kappa shape index (κ2) is 26.9. The first-order valence-electron chi connectivity index (χ1n) is 16.2. The molecule has 8 nitrogen and oxygen atoms in total. The zero-order chi connectivity index (χ0) is 32.2. The number of quaternary nitrogens is 1. The molecule has 0 amide bonds. The fraction of sp³-hybridized carbons (Fsp3) is 0.686. The average Bonchev–Trinajstić information content (AvgIpc) is 2.94. The van der Waals surface area contributed by atoms with Gasteiger partial charge in [-0.1, -0.05) is 88.1 Å². The Balaban J connectivity index is 4.64. The monoisotopic (exact) mass is 605 g/mol. The van der Waals surface area contributed by atoms with E-state index in [-0.39, 0.29) is 43.1 Å². The van der Waals surface area contributed by atoms with Crippen LogP contribution >= 0.6 is 0 Å². The number of unbranched alkanes of at least 4 members (excludes halogenated alkanes) is 6. The van der Waals surface area contributed by atoms with E-state index in [9.17, 15) is 19.5 Å². The van der Waals surface area contributed by atoms with E-state index in [1.807, 2.05) is 12.2 Å². The Morgan fingerprint density at radius 1 is 0.744 bits per heavy atom. The van der Waals surface area contributed by atoms with Crippen molar-refractivity contribution in [2.75, 3.05) is 41.0 Å². The minimum atomic E-state index is -1.14. The predicted octanol–water partition coefficient (Wildman–Crippen LogP) is 6.01. The van der Waals surface area contributed by atoms with Crippen molar-refractivity contribution in [3.05, 3.63) is 48.6 Å². The van der Waals surface area contributed by atoms with E-state index in [1.54, 1.807) is 27.2 Å². The Labute approximate surface area is 261 Å². The number of allylic oxidation sites excluding steroid dienone is 7. The molecule has 0 rings (SSSR count). The molecule has 8 heteroatoms. The molecule has 0 aliphatic carbocycles. The lowest BCUT2D eigenvalue weighted by molar-refractivity contribution is -0.889. The van der Waals surface area contributed by atoms with E-state index in [1.165, 1.54) is 12.8 Å². The van der Waals surface area contributed by atoms with Gasteiger partial charge in [0.2, 0.25) is 0 Å². The van der Waals surface area contributed by atoms with Crippen molar-refractivity contribution in [3.8, 4) is 0 Å². The smallest absolute Gasteiger partial charge is 0.310 e. The van der Waals surface area contributed by atoms with Crippen LogP contribution in [0, 0.1) is 0 Å². The van der Waals surface area contributed by atoms with Crippen LogP contribution in [0.15, 0.2) is 48.6 Å². The van der Waals surface area contributed by atoms with Crippen LogP contribution in [0.2, 0.25) is 0 Å². The Bertz CT molecular complexity index is 855. The molecule has 0 saturated carbocycles. The molecule has 246 valence electrons. The Hall–Kier alpha value is -2.71. The summed E-state index contributed by atoms with van der Waals surface area (Å²) in [4.78, 5) is 36.3. The SMILES string of the molecule is CC/C=C/C/C=C/C/C=C/CC(=O)OC(COCCC(C(=O)[O-])[N+](C)(C)C)COC(=O)CCCCCC/C=C/CCCC. The normalized spacial score (nSPS) is 13.8. The first-order valence-corrected chi connectivity index (χ1v) is 16.2. The van der Waals surface area contributed by atoms with Crippen LogP contribution in [0.4, 0.5) is 0 Å². The highest BCUT2D eigenvalue weighted by molar-refractivity contribution is 5.71. The maximum atomic E-state index is 12.4. The van der Waals surface area contributed by atoms with E-state index in [0.29, 0.717) is 6.42 Å². The third-order valence-electron chi connectivity index (χ3n) is 6.73. The number of esters is 2. The molecule has 0 radical (unpaired) electrons. The molecule has 0 aromatic heterocycles. The lowest BCUT2D eigenvalue weighted by Crippen LogP contribution is -2.55. The van der Waals surface area contributed by atoms with Gasteiger partial charge in [-0.05, 0) is 44.9 Å². The number of carboxylic acids is 1. The predicted molar refractivity (Wildman–Crippen MR) is 171 cm³/mol. The summed E-state index contributed by atoms with van der Waals surface area (Å²) in [6, 6.07) is -0.738. The largest absolute Gasteiger partial charge is 0.544 e. The second-order valence-corrected chi connectivity index (χ2v) is 11.7. The quantitative estimate of drug-likeness (QED) is 0.0489. The van der Waals surface area contributed by atoms with Crippen molar-refractivity contribution in [1.29, 1.82) is 0 Å². The third kappa shape index (κ3) is 25.5. The Morgan fingerprint density at radius 2 is 1.37 bits per heavy atom. The number of carboxylic acid groups (broad SMARTS) is 1. The molecule has 0 saturated heterocycles. The molecule has 0 bridgehead atoms. The molecule has 2 unspecified atom stereocenters. The van der Waals surface area contributed by atoms with Crippen LogP contribution in [0.25, 0.3) is 0 Å². The van der Waals surface area contributed by atoms with Crippen molar-refractivity contribution in [1.82, 2.24) is 0 Å². The Morgan fingerprint density at radius 3 is 2.00 bits per heavy atom. The summed E-state index contributed by atoms with van der Waals surface area (Å²) in [5.74, 6) is -1.92. The highest BCUT2D eigenvalue weighted by Gasteiger charge is 2.25. The van der Waals surface area contributed by atoms with Gasteiger partial charge in [-0.15, -0.1) is 0 Å². The van der Waals surface area contributed by atoms with Gasteiger partial charge < -0.3 is 28.6 Å². The molecule has 2 atom stereocenters. The lowest BCUT2D eigenvalue weighted by Gasteiger charge is -2.34. The molecular weight excluding hydrogens is 546 g/mol. The van der Waals surface area contributed by atoms with Gasteiger partial charge in [-0.3, -0.25) is 9.59 Å². The van der Waals surface area contributed by atoms with Crippen molar-refractivity contribution in [3.63, 3.8) is 0 Å². The number of ether oxygens (including phenoxy) is 3. The van der Waals surface area contributed by atoms with E-state index in [2.05, 4.69) is 44.2 Å². The summed E-state index contributed by atoms with van der Waals surface area (Å²) in [5, 5.41) is 11.5. The first-order chi connectivity index (χ1) is 20.6. The van der Waals surface area contributed by atoms with Crippen LogP contribution in [0.5, 0.6) is 0 Å². The van der Waals surface area contributed by atoms with Crippen LogP contribution < -0.4 is 5.11 Å². The molecule has 0 spiro atoms. The third-order valence-corrected chi connectivity index (χ3v) is 6.73. The van der Waals surface area contributed by atoms with E-state index in [4.69, 9.17) is 14.2 Å². The van der Waals surface area contributed by atoms with Gasteiger partial charge in [-0.25, -0.2) is 0 Å². The fourth-order valence-electron chi connectivity index (χ4n) is 4.17. The van der Waals surface area contributed by atoms with Crippen molar-refractivity contribution < 1.29 is 38.2 Å². The maximum Gasteiger partial charge on any atom is 0.310 e. The highest BCUT2D eigenvalue weighted by atomic mass is 16.6. The number of rotatable bonds is 27. The van der Waals surface area contributed by atoms with Crippen molar-refractivity contribution in [2.45, 2.75) is 116 Å². The topological polar surface area (TPSA) is 102 Å². The average molecular weight is 606 g/mol. The summed E-state index contributed by atoms with van der Waals surface area (Å²) in [7, 11) is 5.34. The number of aliphatic carboxylic acids is 1. The van der Waals surface area contributed by atoms with Gasteiger partial charge in [0, 0.05) is 12.8 Å². The van der Waals surface area contributed by atoms with Crippen LogP contribution in [-0.2, 0) is 28.6 Å². The molecule has 0 aromatic carbocycles. The Kier molecular flexibility index (Phi) is 25.2. The molecule has 0 aliphatic rings. The standard InChI is InChI=1S/C35H59NO7/c1-6-8-10-12-14-16-18-19-21-23-25-33(37)42-30-31(29-41-28-27-32(35(39)40)36(3,4)5)43-34(38)26-24-22-20-17-15-13-11-9-7-2/h9,11-12,14-15,17,22,24,31-32H,6-8,10,13,16,18-21,23,25-30H2,1-5H3/b11-9+,14-12+,17-15+,24-22+. The molecular formula is C35H59NO7. The summed E-state index contributed by atoms with van der Waals surface area (Å²) < 4.78 is 16.8. The molecule has 43 heavy (non-hydrogen) atoms. The summed E-state index contributed by atoms with van der Waals surface area (Å²) in [5.41, 5.74) is 0. The number of likely N-dealkylation sites (N-methyl/N-ethyl adjacent to an activating group) is 1. The fourth-order valence-corrected chi connectivity index (χ4v) is 4.17. The number of hydrogen-bond donors (Lipinski definition) is 0. The highest BCUT2D eigenvalue weighted by Crippen LogP contribution is 2.10. The summed E-state index contributed by atoms with van der Waals surface area (Å²) in [6.07, 6.45) is 27.6. The molecule has 0 N–H and O–H groups in total. The van der Waals surface area contributed by atoms with Crippen molar-refractivity contribution in [2.24, 2.45) is 0 Å². The summed E-state index contributed by atoms with van der Waals surface area (Å²) in [6.45, 7) is 4.32. The van der Waals surface area contributed by atoms with Crippen molar-refractivity contribution >= 4 is 17.9 Å². The minimum absolute atomic E-state index is 0.000561. The van der Waals surface area contributed by atoms with E-state index >= 15 is 0 Å². The molecule has 0 aromatic rings. The van der Waals surface area contributed by atoms with Crippen LogP contribution in [-0.4, -0.2) is 75.5 Å². The molecule has 0 heterocycles. The van der Waals surface area contributed by atoms with Crippen LogP contribution in [0.1, 0.15) is 104 Å². The zero-order valence-corrected chi connectivity index (χ0v) is 27.6. The van der Waals surface area contributed by atoms with Gasteiger partial charge in [0.05, 0.1) is 46.7 Å². The van der Waals surface area contributed by atoms with E-state index < -0.39 is 24.1 Å². The molecule has 0 aliphatic heterocycles. The lowest BCUT2D eigenvalue weighted by atomic mass is 10.1. The van der Waals surface area contributed by atoms with Gasteiger partial charge in [0.15, 0.2) is 6.10 Å². The molecule has 0 fully saturated rings. The van der Waals surface area contributed by atoms with Gasteiger partial charge in [0.25, 0.3) is 0 Å². The number of hydrogen-bond acceptors (Lipinski definition) is 7. The van der Waals surface area contributed by atoms with Gasteiger partial charge >= 0.3 is 11.9 Å². The number of nitrogens with zero attached hydrogens (tertiary/aromatic N) is 1. The van der Waals surface area contributed by atoms with Gasteiger partial charge in [-0.2, -0.15) is 0 Å².